The van der Waals surface area contributed by atoms with E-state index in [-0.39, 0.29) is 0 Å². The zero-order chi connectivity index (χ0) is 12.4. The van der Waals surface area contributed by atoms with Crippen LogP contribution in [0.25, 0.3) is 0 Å². The minimum Gasteiger partial charge on any atom is -0.384 e. The van der Waals surface area contributed by atoms with E-state index in [0.29, 0.717) is 33.2 Å². The van der Waals surface area contributed by atoms with E-state index in [1.165, 1.54) is 0 Å². The number of anilines is 3. The van der Waals surface area contributed by atoms with Crippen molar-refractivity contribution in [2.75, 3.05) is 11.1 Å². The van der Waals surface area contributed by atoms with Crippen LogP contribution < -0.4 is 11.1 Å². The Morgan fingerprint density at radius 3 is 2.41 bits per heavy atom. The van der Waals surface area contributed by atoms with Crippen molar-refractivity contribution in [2.24, 2.45) is 0 Å². The summed E-state index contributed by atoms with van der Waals surface area (Å²) in [7, 11) is 0. The van der Waals surface area contributed by atoms with Crippen molar-refractivity contribution in [1.29, 1.82) is 0 Å². The van der Waals surface area contributed by atoms with E-state index >= 15 is 0 Å². The molecule has 4 nitrogen and oxygen atoms in total. The average molecular weight is 269 g/mol. The maximum atomic E-state index is 6.04. The predicted molar refractivity (Wildman–Crippen MR) is 70.9 cm³/mol. The normalized spacial score (nSPS) is 10.3. The smallest absolute Gasteiger partial charge is 0.136 e. The number of nitrogens with two attached hydrogens (primary N) is 1. The first kappa shape index (κ1) is 12.0. The van der Waals surface area contributed by atoms with Crippen LogP contribution in [0.15, 0.2) is 24.3 Å². The average Bonchev–Trinajstić information content (AvgIpc) is 2.22. The maximum absolute atomic E-state index is 6.04. The van der Waals surface area contributed by atoms with Crippen LogP contribution in [0.2, 0.25) is 10.0 Å². The van der Waals surface area contributed by atoms with Gasteiger partial charge in [-0.1, -0.05) is 29.3 Å². The molecule has 2 rings (SSSR count). The Labute approximate surface area is 109 Å². The largest absolute Gasteiger partial charge is 0.384 e. The van der Waals surface area contributed by atoms with Crippen molar-refractivity contribution < 1.29 is 0 Å². The van der Waals surface area contributed by atoms with Gasteiger partial charge in [-0.3, -0.25) is 0 Å². The number of hydrogen-bond acceptors (Lipinski definition) is 4. The van der Waals surface area contributed by atoms with Gasteiger partial charge < -0.3 is 11.1 Å². The van der Waals surface area contributed by atoms with Crippen LogP contribution in [-0.4, -0.2) is 9.97 Å². The minimum atomic E-state index is 0.392. The van der Waals surface area contributed by atoms with Gasteiger partial charge in [0, 0.05) is 6.07 Å². The Bertz CT molecular complexity index is 517. The molecule has 1 aromatic heterocycles. The molecule has 0 atom stereocenters. The minimum absolute atomic E-state index is 0.392. The molecule has 0 fully saturated rings. The highest BCUT2D eigenvalue weighted by molar-refractivity contribution is 6.39. The summed E-state index contributed by atoms with van der Waals surface area (Å²) in [6, 6.07) is 6.88. The SMILES string of the molecule is Cc1nc(N)cc(Nc2c(Cl)cccc2Cl)n1. The summed E-state index contributed by atoms with van der Waals surface area (Å²) >= 11 is 12.1. The lowest BCUT2D eigenvalue weighted by molar-refractivity contribution is 1.06. The summed E-state index contributed by atoms with van der Waals surface area (Å²) in [5.74, 6) is 1.53. The van der Waals surface area contributed by atoms with Gasteiger partial charge in [0.15, 0.2) is 0 Å². The molecule has 0 saturated heterocycles. The first-order valence-electron chi connectivity index (χ1n) is 4.88. The van der Waals surface area contributed by atoms with Crippen LogP contribution >= 0.6 is 23.2 Å². The van der Waals surface area contributed by atoms with Gasteiger partial charge >= 0.3 is 0 Å². The Hall–Kier alpha value is -1.52. The highest BCUT2D eigenvalue weighted by Gasteiger charge is 2.07. The van der Waals surface area contributed by atoms with E-state index in [4.69, 9.17) is 28.9 Å². The van der Waals surface area contributed by atoms with Crippen LogP contribution in [0.3, 0.4) is 0 Å². The van der Waals surface area contributed by atoms with Crippen LogP contribution in [-0.2, 0) is 0 Å². The summed E-state index contributed by atoms with van der Waals surface area (Å²) in [5.41, 5.74) is 6.24. The van der Waals surface area contributed by atoms with Crippen molar-refractivity contribution in [1.82, 2.24) is 9.97 Å². The number of nitrogens with zero attached hydrogens (tertiary/aromatic N) is 2. The highest BCUT2D eigenvalue weighted by atomic mass is 35.5. The second kappa shape index (κ2) is 4.77. The Morgan fingerprint density at radius 1 is 1.18 bits per heavy atom. The summed E-state index contributed by atoms with van der Waals surface area (Å²) in [5, 5.41) is 4.07. The van der Waals surface area contributed by atoms with E-state index < -0.39 is 0 Å². The van der Waals surface area contributed by atoms with E-state index in [0.717, 1.165) is 0 Å². The van der Waals surface area contributed by atoms with Crippen molar-refractivity contribution in [3.05, 3.63) is 40.1 Å². The maximum Gasteiger partial charge on any atom is 0.136 e. The highest BCUT2D eigenvalue weighted by Crippen LogP contribution is 2.32. The molecule has 0 saturated carbocycles. The number of aromatic nitrogens is 2. The number of halogens is 2. The van der Waals surface area contributed by atoms with Gasteiger partial charge in [0.05, 0.1) is 15.7 Å². The Kier molecular flexibility index (Phi) is 3.36. The Balaban J connectivity index is 2.38. The second-order valence-electron chi connectivity index (χ2n) is 3.45. The first-order valence-corrected chi connectivity index (χ1v) is 5.64. The van der Waals surface area contributed by atoms with E-state index in [2.05, 4.69) is 15.3 Å². The van der Waals surface area contributed by atoms with Gasteiger partial charge in [0.1, 0.15) is 17.5 Å². The molecule has 0 spiro atoms. The van der Waals surface area contributed by atoms with Crippen LogP contribution in [0.5, 0.6) is 0 Å². The van der Waals surface area contributed by atoms with E-state index in [1.54, 1.807) is 31.2 Å². The number of rotatable bonds is 2. The Morgan fingerprint density at radius 2 is 1.82 bits per heavy atom. The molecule has 17 heavy (non-hydrogen) atoms. The summed E-state index contributed by atoms with van der Waals surface area (Å²) in [6.45, 7) is 1.76. The zero-order valence-corrected chi connectivity index (χ0v) is 10.5. The number of hydrogen-bond donors (Lipinski definition) is 2. The molecule has 0 amide bonds. The third kappa shape index (κ3) is 2.78. The van der Waals surface area contributed by atoms with Gasteiger partial charge in [-0.25, -0.2) is 9.97 Å². The molecular weight excluding hydrogens is 259 g/mol. The van der Waals surface area contributed by atoms with Gasteiger partial charge in [-0.05, 0) is 19.1 Å². The lowest BCUT2D eigenvalue weighted by atomic mass is 10.3. The standard InChI is InChI=1S/C11H10Cl2N4/c1-6-15-9(14)5-10(16-6)17-11-7(12)3-2-4-8(11)13/h2-5H,1H3,(H3,14,15,16,17). The lowest BCUT2D eigenvalue weighted by Crippen LogP contribution is -2.01. The summed E-state index contributed by atoms with van der Waals surface area (Å²) < 4.78 is 0. The van der Waals surface area contributed by atoms with Crippen molar-refractivity contribution in [3.63, 3.8) is 0 Å². The zero-order valence-electron chi connectivity index (χ0n) is 9.04. The predicted octanol–water partition coefficient (Wildman–Crippen LogP) is 3.42. The number of nitrogens with one attached hydrogen (secondary N) is 1. The lowest BCUT2D eigenvalue weighted by Gasteiger charge is -2.10. The number of para-hydroxylation sites is 1. The summed E-state index contributed by atoms with van der Waals surface area (Å²) in [4.78, 5) is 8.17. The fourth-order valence-electron chi connectivity index (χ4n) is 1.40. The van der Waals surface area contributed by atoms with Crippen molar-refractivity contribution in [3.8, 4) is 0 Å². The molecule has 0 aliphatic heterocycles. The first-order chi connectivity index (χ1) is 8.06. The third-order valence-electron chi connectivity index (χ3n) is 2.07. The summed E-state index contributed by atoms with van der Waals surface area (Å²) in [6.07, 6.45) is 0. The quantitative estimate of drug-likeness (QED) is 0.876. The fraction of sp³-hybridized carbons (Fsp3) is 0.0909. The van der Waals surface area contributed by atoms with Crippen LogP contribution in [0.4, 0.5) is 17.3 Å². The molecular formula is C11H10Cl2N4. The topological polar surface area (TPSA) is 63.8 Å². The van der Waals surface area contributed by atoms with Gasteiger partial charge in [0.25, 0.3) is 0 Å². The van der Waals surface area contributed by atoms with Crippen LogP contribution in [0, 0.1) is 6.92 Å². The molecule has 0 unspecified atom stereocenters. The molecule has 3 N–H and O–H groups in total. The molecule has 0 aliphatic carbocycles. The molecule has 0 bridgehead atoms. The fourth-order valence-corrected chi connectivity index (χ4v) is 1.89. The number of benzene rings is 1. The van der Waals surface area contributed by atoms with Crippen molar-refractivity contribution >= 4 is 40.5 Å². The van der Waals surface area contributed by atoms with Crippen molar-refractivity contribution in [2.45, 2.75) is 6.92 Å². The number of nitrogen functional groups attached to an aromatic ring is 1. The van der Waals surface area contributed by atoms with Gasteiger partial charge in [0.2, 0.25) is 0 Å². The second-order valence-corrected chi connectivity index (χ2v) is 4.26. The molecule has 88 valence electrons. The molecule has 2 aromatic rings. The van der Waals surface area contributed by atoms with Gasteiger partial charge in [-0.15, -0.1) is 0 Å². The molecule has 1 heterocycles. The molecule has 1 aromatic carbocycles. The third-order valence-corrected chi connectivity index (χ3v) is 2.70. The molecule has 6 heteroatoms. The monoisotopic (exact) mass is 268 g/mol. The van der Waals surface area contributed by atoms with Gasteiger partial charge in [-0.2, -0.15) is 0 Å². The molecule has 0 aliphatic rings. The van der Waals surface area contributed by atoms with Crippen LogP contribution in [0.1, 0.15) is 5.82 Å². The van der Waals surface area contributed by atoms with E-state index in [9.17, 15) is 0 Å². The van der Waals surface area contributed by atoms with E-state index in [1.807, 2.05) is 0 Å². The molecule has 0 radical (unpaired) electrons. The number of aryl methyl sites for hydroxylation is 1.